The third kappa shape index (κ3) is 2.87. The molecule has 1 atom stereocenters. The van der Waals surface area contributed by atoms with Crippen molar-refractivity contribution >= 4 is 0 Å². The van der Waals surface area contributed by atoms with Crippen molar-refractivity contribution in [2.45, 2.75) is 46.0 Å². The molecule has 0 aliphatic carbocycles. The number of hydrogen-bond acceptors (Lipinski definition) is 0. The first-order valence-electron chi connectivity index (χ1n) is 5.62. The van der Waals surface area contributed by atoms with Gasteiger partial charge in [0, 0.05) is 0 Å². The summed E-state index contributed by atoms with van der Waals surface area (Å²) in [6.45, 7) is 9.29. The van der Waals surface area contributed by atoms with Crippen molar-refractivity contribution < 1.29 is 0 Å². The van der Waals surface area contributed by atoms with E-state index in [4.69, 9.17) is 0 Å². The molecule has 0 heterocycles. The Bertz CT molecular complexity index is 259. The highest BCUT2D eigenvalue weighted by atomic mass is 14.3. The van der Waals surface area contributed by atoms with Crippen LogP contribution in [0.2, 0.25) is 0 Å². The largest absolute Gasteiger partial charge is 0.0651 e. The predicted molar refractivity (Wildman–Crippen MR) is 63.5 cm³/mol. The Morgan fingerprint density at radius 1 is 1.14 bits per heavy atom. The standard InChI is InChI=1S/C14H22/c1-5-12(2)11-14(3,4)13-9-7-6-8-10-13/h6-10,12H,5,11H2,1-4H3. The van der Waals surface area contributed by atoms with Crippen molar-refractivity contribution in [1.82, 2.24) is 0 Å². The van der Waals surface area contributed by atoms with Crippen LogP contribution in [0.15, 0.2) is 30.3 Å². The molecular weight excluding hydrogens is 168 g/mol. The van der Waals surface area contributed by atoms with E-state index in [9.17, 15) is 0 Å². The first kappa shape index (κ1) is 11.3. The molecule has 0 fully saturated rings. The van der Waals surface area contributed by atoms with Crippen molar-refractivity contribution in [3.05, 3.63) is 35.9 Å². The summed E-state index contributed by atoms with van der Waals surface area (Å²) in [5, 5.41) is 0. The van der Waals surface area contributed by atoms with Gasteiger partial charge in [-0.25, -0.2) is 0 Å². The summed E-state index contributed by atoms with van der Waals surface area (Å²) in [5.41, 5.74) is 1.77. The molecule has 0 aliphatic rings. The van der Waals surface area contributed by atoms with E-state index in [2.05, 4.69) is 58.0 Å². The van der Waals surface area contributed by atoms with Crippen LogP contribution in [-0.4, -0.2) is 0 Å². The van der Waals surface area contributed by atoms with Crippen LogP contribution in [0.25, 0.3) is 0 Å². The summed E-state index contributed by atoms with van der Waals surface area (Å²) in [4.78, 5) is 0. The van der Waals surface area contributed by atoms with Gasteiger partial charge in [0.1, 0.15) is 0 Å². The molecule has 0 saturated carbocycles. The second kappa shape index (κ2) is 4.63. The fraction of sp³-hybridized carbons (Fsp3) is 0.571. The molecule has 0 spiro atoms. The van der Waals surface area contributed by atoms with Gasteiger partial charge >= 0.3 is 0 Å². The van der Waals surface area contributed by atoms with Gasteiger partial charge in [0.05, 0.1) is 0 Å². The Balaban J connectivity index is 2.75. The van der Waals surface area contributed by atoms with Gasteiger partial charge in [-0.1, -0.05) is 64.4 Å². The second-order valence-corrected chi connectivity index (χ2v) is 4.97. The van der Waals surface area contributed by atoms with E-state index in [1.807, 2.05) is 0 Å². The van der Waals surface area contributed by atoms with E-state index < -0.39 is 0 Å². The minimum absolute atomic E-state index is 0.316. The maximum atomic E-state index is 2.34. The number of hydrogen-bond donors (Lipinski definition) is 0. The summed E-state index contributed by atoms with van der Waals surface area (Å²) < 4.78 is 0. The van der Waals surface area contributed by atoms with E-state index in [1.165, 1.54) is 18.4 Å². The van der Waals surface area contributed by atoms with Crippen LogP contribution >= 0.6 is 0 Å². The van der Waals surface area contributed by atoms with Crippen molar-refractivity contribution in [1.29, 1.82) is 0 Å². The molecule has 1 unspecified atom stereocenters. The van der Waals surface area contributed by atoms with E-state index >= 15 is 0 Å². The molecule has 14 heavy (non-hydrogen) atoms. The maximum Gasteiger partial charge on any atom is -0.0101 e. The van der Waals surface area contributed by atoms with E-state index in [-0.39, 0.29) is 0 Å². The van der Waals surface area contributed by atoms with Crippen LogP contribution in [0, 0.1) is 5.92 Å². The highest BCUT2D eigenvalue weighted by molar-refractivity contribution is 5.23. The van der Waals surface area contributed by atoms with Gasteiger partial charge in [-0.05, 0) is 23.3 Å². The van der Waals surface area contributed by atoms with Crippen molar-refractivity contribution in [2.24, 2.45) is 5.92 Å². The van der Waals surface area contributed by atoms with Gasteiger partial charge in [0.2, 0.25) is 0 Å². The van der Waals surface area contributed by atoms with Crippen LogP contribution in [0.4, 0.5) is 0 Å². The van der Waals surface area contributed by atoms with Gasteiger partial charge in [-0.15, -0.1) is 0 Å². The lowest BCUT2D eigenvalue weighted by atomic mass is 9.77. The third-order valence-corrected chi connectivity index (χ3v) is 3.11. The number of benzene rings is 1. The van der Waals surface area contributed by atoms with E-state index in [0.29, 0.717) is 5.41 Å². The molecule has 0 aromatic heterocycles. The summed E-state index contributed by atoms with van der Waals surface area (Å²) in [7, 11) is 0. The quantitative estimate of drug-likeness (QED) is 0.660. The van der Waals surface area contributed by atoms with Gasteiger partial charge in [0.15, 0.2) is 0 Å². The van der Waals surface area contributed by atoms with Crippen molar-refractivity contribution in [3.8, 4) is 0 Å². The molecule has 0 N–H and O–H groups in total. The first-order valence-corrected chi connectivity index (χ1v) is 5.62. The van der Waals surface area contributed by atoms with Gasteiger partial charge < -0.3 is 0 Å². The summed E-state index contributed by atoms with van der Waals surface area (Å²) in [5.74, 6) is 0.810. The highest BCUT2D eigenvalue weighted by Crippen LogP contribution is 2.31. The lowest BCUT2D eigenvalue weighted by molar-refractivity contribution is 0.372. The fourth-order valence-electron chi connectivity index (χ4n) is 2.02. The zero-order valence-electron chi connectivity index (χ0n) is 9.88. The molecule has 0 saturated heterocycles. The topological polar surface area (TPSA) is 0 Å². The molecule has 0 aliphatic heterocycles. The van der Waals surface area contributed by atoms with E-state index in [1.54, 1.807) is 0 Å². The molecule has 0 nitrogen and oxygen atoms in total. The zero-order valence-corrected chi connectivity index (χ0v) is 9.88. The van der Waals surface area contributed by atoms with Crippen LogP contribution in [0.3, 0.4) is 0 Å². The Labute approximate surface area is 88.4 Å². The molecule has 1 aromatic rings. The minimum atomic E-state index is 0.316. The Morgan fingerprint density at radius 2 is 1.71 bits per heavy atom. The summed E-state index contributed by atoms with van der Waals surface area (Å²) >= 11 is 0. The van der Waals surface area contributed by atoms with Crippen LogP contribution in [0.5, 0.6) is 0 Å². The Kier molecular flexibility index (Phi) is 3.74. The van der Waals surface area contributed by atoms with Gasteiger partial charge in [0.25, 0.3) is 0 Å². The third-order valence-electron chi connectivity index (χ3n) is 3.11. The monoisotopic (exact) mass is 190 g/mol. The first-order chi connectivity index (χ1) is 6.56. The second-order valence-electron chi connectivity index (χ2n) is 4.97. The summed E-state index contributed by atoms with van der Waals surface area (Å²) in [6, 6.07) is 10.8. The summed E-state index contributed by atoms with van der Waals surface area (Å²) in [6.07, 6.45) is 2.55. The molecule has 1 aromatic carbocycles. The highest BCUT2D eigenvalue weighted by Gasteiger charge is 2.22. The SMILES string of the molecule is CCC(C)CC(C)(C)c1ccccc1. The lowest BCUT2D eigenvalue weighted by Gasteiger charge is -2.28. The zero-order chi connectivity index (χ0) is 10.6. The fourth-order valence-corrected chi connectivity index (χ4v) is 2.02. The van der Waals surface area contributed by atoms with Crippen LogP contribution in [0.1, 0.15) is 46.1 Å². The predicted octanol–water partition coefficient (Wildman–Crippen LogP) is 4.40. The molecular formula is C14H22. The van der Waals surface area contributed by atoms with Crippen LogP contribution < -0.4 is 0 Å². The Morgan fingerprint density at radius 3 is 2.21 bits per heavy atom. The molecule has 0 bridgehead atoms. The van der Waals surface area contributed by atoms with Crippen LogP contribution in [-0.2, 0) is 5.41 Å². The molecule has 0 radical (unpaired) electrons. The van der Waals surface area contributed by atoms with Gasteiger partial charge in [-0.2, -0.15) is 0 Å². The van der Waals surface area contributed by atoms with Gasteiger partial charge in [-0.3, -0.25) is 0 Å². The van der Waals surface area contributed by atoms with Crippen molar-refractivity contribution in [3.63, 3.8) is 0 Å². The molecule has 78 valence electrons. The van der Waals surface area contributed by atoms with Crippen molar-refractivity contribution in [2.75, 3.05) is 0 Å². The lowest BCUT2D eigenvalue weighted by Crippen LogP contribution is -2.20. The average molecular weight is 190 g/mol. The number of rotatable bonds is 4. The molecule has 0 heteroatoms. The Hall–Kier alpha value is -0.780. The molecule has 1 rings (SSSR count). The minimum Gasteiger partial charge on any atom is -0.0651 e. The normalized spacial score (nSPS) is 14.0. The smallest absolute Gasteiger partial charge is 0.0101 e. The van der Waals surface area contributed by atoms with E-state index in [0.717, 1.165) is 5.92 Å². The maximum absolute atomic E-state index is 2.34. The molecule has 0 amide bonds. The average Bonchev–Trinajstić information content (AvgIpc) is 2.18.